The van der Waals surface area contributed by atoms with Gasteiger partial charge in [-0.05, 0) is 39.3 Å². The van der Waals surface area contributed by atoms with Gasteiger partial charge in [0.25, 0.3) is 5.91 Å². The number of hydrogen-bond acceptors (Lipinski definition) is 5. The molecule has 0 aliphatic carbocycles. The zero-order valence-corrected chi connectivity index (χ0v) is 13.7. The van der Waals surface area contributed by atoms with E-state index in [1.807, 2.05) is 25.7 Å². The summed E-state index contributed by atoms with van der Waals surface area (Å²) >= 11 is 0. The first-order valence-electron chi connectivity index (χ1n) is 7.77. The van der Waals surface area contributed by atoms with E-state index in [2.05, 4.69) is 4.98 Å². The summed E-state index contributed by atoms with van der Waals surface area (Å²) in [4.78, 5) is 32.3. The Bertz CT molecular complexity index is 623. The Morgan fingerprint density at radius 1 is 1.22 bits per heavy atom. The first-order chi connectivity index (χ1) is 10.7. The van der Waals surface area contributed by atoms with Crippen LogP contribution in [0.5, 0.6) is 0 Å². The fraction of sp³-hybridized carbons (Fsp3) is 0.562. The molecule has 2 N–H and O–H groups in total. The number of hydrogen-bond donors (Lipinski definition) is 1. The molecular weight excluding hydrogens is 296 g/mol. The minimum absolute atomic E-state index is 0.0283. The van der Waals surface area contributed by atoms with Crippen LogP contribution in [0.2, 0.25) is 0 Å². The summed E-state index contributed by atoms with van der Waals surface area (Å²) in [5, 5.41) is 0. The van der Waals surface area contributed by atoms with Gasteiger partial charge in [0.05, 0.1) is 17.6 Å². The molecule has 124 valence electrons. The van der Waals surface area contributed by atoms with Crippen LogP contribution in [0, 0.1) is 0 Å². The molecule has 2 bridgehead atoms. The Balaban J connectivity index is 1.65. The first kappa shape index (κ1) is 15.6. The first-order valence-corrected chi connectivity index (χ1v) is 7.77. The number of amides is 2. The summed E-state index contributed by atoms with van der Waals surface area (Å²) in [6.45, 7) is 6.61. The van der Waals surface area contributed by atoms with Crippen molar-refractivity contribution in [2.45, 2.75) is 44.9 Å². The molecule has 0 aromatic carbocycles. The van der Waals surface area contributed by atoms with E-state index in [4.69, 9.17) is 10.5 Å². The van der Waals surface area contributed by atoms with Crippen LogP contribution in [0.25, 0.3) is 0 Å². The van der Waals surface area contributed by atoms with Gasteiger partial charge in [0.1, 0.15) is 11.4 Å². The largest absolute Gasteiger partial charge is 0.444 e. The van der Waals surface area contributed by atoms with Crippen molar-refractivity contribution < 1.29 is 14.3 Å². The predicted molar refractivity (Wildman–Crippen MR) is 84.8 cm³/mol. The van der Waals surface area contributed by atoms with Gasteiger partial charge in [-0.2, -0.15) is 0 Å². The lowest BCUT2D eigenvalue weighted by atomic mass is 10.2. The molecule has 2 aliphatic rings. The normalized spacial score (nSPS) is 23.3. The highest BCUT2D eigenvalue weighted by molar-refractivity contribution is 5.94. The molecule has 23 heavy (non-hydrogen) atoms. The van der Waals surface area contributed by atoms with Crippen molar-refractivity contribution in [3.63, 3.8) is 0 Å². The number of ether oxygens (including phenoxy) is 1. The van der Waals surface area contributed by atoms with E-state index in [1.165, 1.54) is 6.20 Å². The lowest BCUT2D eigenvalue weighted by molar-refractivity contribution is 0.0126. The standard InChI is InChI=1S/C16H22N4O3/c1-16(2,3)23-15(22)20-9-11-6-12(20)8-19(11)14(21)10-4-5-13(17)18-7-10/h4-5,7,11-12H,6,8-9H2,1-3H3,(H2,17,18)/t11?,12-/m1/s1. The minimum atomic E-state index is -0.510. The summed E-state index contributed by atoms with van der Waals surface area (Å²) in [7, 11) is 0. The lowest BCUT2D eigenvalue weighted by Gasteiger charge is -2.35. The van der Waals surface area contributed by atoms with Crippen molar-refractivity contribution in [3.05, 3.63) is 23.9 Å². The Morgan fingerprint density at radius 2 is 1.87 bits per heavy atom. The van der Waals surface area contributed by atoms with Gasteiger partial charge in [-0.25, -0.2) is 9.78 Å². The van der Waals surface area contributed by atoms with Crippen LogP contribution in [0.1, 0.15) is 37.6 Å². The fourth-order valence-electron chi connectivity index (χ4n) is 3.16. The van der Waals surface area contributed by atoms with Gasteiger partial charge in [-0.3, -0.25) is 4.79 Å². The van der Waals surface area contributed by atoms with E-state index in [0.29, 0.717) is 24.5 Å². The third-order valence-corrected chi connectivity index (χ3v) is 4.16. The smallest absolute Gasteiger partial charge is 0.410 e. The number of fused-ring (bicyclic) bond motifs is 2. The summed E-state index contributed by atoms with van der Waals surface area (Å²) < 4.78 is 5.43. The maximum Gasteiger partial charge on any atom is 0.410 e. The molecule has 2 saturated heterocycles. The van der Waals surface area contributed by atoms with Gasteiger partial charge in [0.15, 0.2) is 0 Å². The van der Waals surface area contributed by atoms with Crippen LogP contribution in [-0.2, 0) is 4.74 Å². The topological polar surface area (TPSA) is 88.8 Å². The second kappa shape index (κ2) is 5.40. The van der Waals surface area contributed by atoms with Crippen molar-refractivity contribution in [3.8, 4) is 0 Å². The monoisotopic (exact) mass is 318 g/mol. The van der Waals surface area contributed by atoms with Crippen LogP contribution >= 0.6 is 0 Å². The number of nitrogens with zero attached hydrogens (tertiary/aromatic N) is 3. The number of nitrogen functional groups attached to an aromatic ring is 1. The van der Waals surface area contributed by atoms with Crippen molar-refractivity contribution in [2.24, 2.45) is 0 Å². The Morgan fingerprint density at radius 3 is 2.39 bits per heavy atom. The maximum atomic E-state index is 12.6. The number of carbonyl (C=O) groups is 2. The van der Waals surface area contributed by atoms with E-state index >= 15 is 0 Å². The highest BCUT2D eigenvalue weighted by Crippen LogP contribution is 2.32. The quantitative estimate of drug-likeness (QED) is 0.847. The van der Waals surface area contributed by atoms with Crippen molar-refractivity contribution in [1.29, 1.82) is 0 Å². The second-order valence-corrected chi connectivity index (χ2v) is 7.11. The van der Waals surface area contributed by atoms with E-state index in [0.717, 1.165) is 6.42 Å². The number of piperazine rings is 1. The van der Waals surface area contributed by atoms with Crippen molar-refractivity contribution >= 4 is 17.8 Å². The van der Waals surface area contributed by atoms with Crippen LogP contribution in [0.3, 0.4) is 0 Å². The molecular formula is C16H22N4O3. The van der Waals surface area contributed by atoms with Crippen molar-refractivity contribution in [2.75, 3.05) is 18.8 Å². The van der Waals surface area contributed by atoms with Gasteiger partial charge in [-0.1, -0.05) is 0 Å². The number of carbonyl (C=O) groups excluding carboxylic acids is 2. The zero-order valence-electron chi connectivity index (χ0n) is 13.7. The molecule has 0 spiro atoms. The van der Waals surface area contributed by atoms with E-state index in [1.54, 1.807) is 17.0 Å². The molecule has 2 fully saturated rings. The summed E-state index contributed by atoms with van der Waals surface area (Å²) in [6.07, 6.45) is 1.99. The van der Waals surface area contributed by atoms with Gasteiger partial charge in [0.2, 0.25) is 0 Å². The zero-order chi connectivity index (χ0) is 16.8. The maximum absolute atomic E-state index is 12.6. The Kier molecular flexibility index (Phi) is 3.66. The van der Waals surface area contributed by atoms with E-state index in [9.17, 15) is 9.59 Å². The lowest BCUT2D eigenvalue weighted by Crippen LogP contribution is -2.51. The molecule has 1 aromatic heterocycles. The Hall–Kier alpha value is -2.31. The molecule has 2 atom stereocenters. The number of nitrogens with two attached hydrogens (primary N) is 1. The molecule has 3 rings (SSSR count). The molecule has 0 saturated carbocycles. The van der Waals surface area contributed by atoms with Crippen LogP contribution in [0.15, 0.2) is 18.3 Å². The van der Waals surface area contributed by atoms with Crippen LogP contribution < -0.4 is 5.73 Å². The van der Waals surface area contributed by atoms with Gasteiger partial charge in [-0.15, -0.1) is 0 Å². The minimum Gasteiger partial charge on any atom is -0.444 e. The molecule has 7 nitrogen and oxygen atoms in total. The average Bonchev–Trinajstić information content (AvgIpc) is 3.05. The van der Waals surface area contributed by atoms with Crippen LogP contribution in [0.4, 0.5) is 10.6 Å². The predicted octanol–water partition coefficient (Wildman–Crippen LogP) is 1.50. The van der Waals surface area contributed by atoms with Gasteiger partial charge < -0.3 is 20.3 Å². The molecule has 3 heterocycles. The number of likely N-dealkylation sites (tertiary alicyclic amines) is 2. The van der Waals surface area contributed by atoms with E-state index in [-0.39, 0.29) is 24.1 Å². The summed E-state index contributed by atoms with van der Waals surface area (Å²) in [5.74, 6) is 0.328. The van der Waals surface area contributed by atoms with Crippen molar-refractivity contribution in [1.82, 2.24) is 14.8 Å². The number of aromatic nitrogens is 1. The second-order valence-electron chi connectivity index (χ2n) is 7.11. The number of pyridine rings is 1. The third kappa shape index (κ3) is 3.09. The molecule has 1 aromatic rings. The van der Waals surface area contributed by atoms with Crippen LogP contribution in [-0.4, -0.2) is 57.6 Å². The molecule has 2 aliphatic heterocycles. The Labute approximate surface area is 135 Å². The third-order valence-electron chi connectivity index (χ3n) is 4.16. The fourth-order valence-corrected chi connectivity index (χ4v) is 3.16. The average molecular weight is 318 g/mol. The number of rotatable bonds is 1. The summed E-state index contributed by atoms with van der Waals surface area (Å²) in [5.41, 5.74) is 5.56. The SMILES string of the molecule is CC(C)(C)OC(=O)N1CC2C[C@@H]1CN2C(=O)c1ccc(N)nc1. The molecule has 7 heteroatoms. The molecule has 2 amide bonds. The molecule has 1 unspecified atom stereocenters. The highest BCUT2D eigenvalue weighted by Gasteiger charge is 2.48. The van der Waals surface area contributed by atoms with Gasteiger partial charge >= 0.3 is 6.09 Å². The highest BCUT2D eigenvalue weighted by atomic mass is 16.6. The number of anilines is 1. The van der Waals surface area contributed by atoms with E-state index < -0.39 is 5.60 Å². The summed E-state index contributed by atoms with van der Waals surface area (Å²) in [6, 6.07) is 3.37. The molecule has 0 radical (unpaired) electrons. The van der Waals surface area contributed by atoms with Gasteiger partial charge in [0, 0.05) is 19.3 Å².